The molecule has 2 rings (SSSR count). The third kappa shape index (κ3) is 7.90. The molecular weight excluding hydrogens is 475 g/mol. The Kier molecular flexibility index (Phi) is 10.5. The van der Waals surface area contributed by atoms with Crippen LogP contribution in [0, 0.1) is 0 Å². The first-order chi connectivity index (χ1) is 14.7. The quantitative estimate of drug-likeness (QED) is 0.421. The average molecular weight is 502 g/mol. The van der Waals surface area contributed by atoms with Gasteiger partial charge < -0.3 is 10.2 Å². The van der Waals surface area contributed by atoms with Crippen molar-refractivity contribution in [1.29, 1.82) is 0 Å². The zero-order chi connectivity index (χ0) is 23.0. The van der Waals surface area contributed by atoms with E-state index in [0.717, 1.165) is 11.1 Å². The SMILES string of the molecule is CCC(C(=O)NC(C)C)N(Cc1ccc(Cl)cc1)C(=O)CSCc1c(Cl)cccc1Cl. The molecule has 0 bridgehead atoms. The predicted molar refractivity (Wildman–Crippen MR) is 132 cm³/mol. The maximum atomic E-state index is 13.2. The van der Waals surface area contributed by atoms with E-state index >= 15 is 0 Å². The largest absolute Gasteiger partial charge is 0.352 e. The molecule has 1 unspecified atom stereocenters. The van der Waals surface area contributed by atoms with E-state index in [-0.39, 0.29) is 23.6 Å². The van der Waals surface area contributed by atoms with Crippen LogP contribution in [0.25, 0.3) is 0 Å². The molecule has 2 aromatic carbocycles. The molecule has 0 heterocycles. The molecule has 0 aromatic heterocycles. The average Bonchev–Trinajstić information content (AvgIpc) is 2.70. The molecular formula is C23H27Cl3N2O2S. The van der Waals surface area contributed by atoms with E-state index in [0.29, 0.717) is 33.8 Å². The van der Waals surface area contributed by atoms with Gasteiger partial charge in [0.2, 0.25) is 11.8 Å². The number of carbonyl (C=O) groups excluding carboxylic acids is 2. The number of halogens is 3. The lowest BCUT2D eigenvalue weighted by molar-refractivity contribution is -0.139. The van der Waals surface area contributed by atoms with Crippen LogP contribution >= 0.6 is 46.6 Å². The van der Waals surface area contributed by atoms with Gasteiger partial charge in [0.25, 0.3) is 0 Å². The third-order valence-corrected chi connectivity index (χ3v) is 6.52. The van der Waals surface area contributed by atoms with Gasteiger partial charge in [0.1, 0.15) is 6.04 Å². The molecule has 8 heteroatoms. The highest BCUT2D eigenvalue weighted by molar-refractivity contribution is 7.99. The second-order valence-electron chi connectivity index (χ2n) is 7.43. The van der Waals surface area contributed by atoms with Crippen LogP contribution in [-0.2, 0) is 21.9 Å². The Bertz CT molecular complexity index is 871. The number of amides is 2. The molecule has 0 saturated heterocycles. The summed E-state index contributed by atoms with van der Waals surface area (Å²) >= 11 is 19.9. The zero-order valence-electron chi connectivity index (χ0n) is 17.8. The van der Waals surface area contributed by atoms with Crippen molar-refractivity contribution in [2.75, 3.05) is 5.75 Å². The summed E-state index contributed by atoms with van der Waals surface area (Å²) in [5.41, 5.74) is 1.71. The number of thioether (sulfide) groups is 1. The molecule has 0 spiro atoms. The standard InChI is InChI=1S/C23H27Cl3N2O2S/c1-4-21(23(30)27-15(2)3)28(12-16-8-10-17(24)11-9-16)22(29)14-31-13-18-19(25)6-5-7-20(18)26/h5-11,15,21H,4,12-14H2,1-3H3,(H,27,30). The second-order valence-corrected chi connectivity index (χ2v) is 9.66. The summed E-state index contributed by atoms with van der Waals surface area (Å²) in [5.74, 6) is 0.446. The summed E-state index contributed by atoms with van der Waals surface area (Å²) in [4.78, 5) is 27.6. The molecule has 0 radical (unpaired) electrons. The maximum absolute atomic E-state index is 13.2. The zero-order valence-corrected chi connectivity index (χ0v) is 20.9. The van der Waals surface area contributed by atoms with E-state index in [4.69, 9.17) is 34.8 Å². The molecule has 0 aliphatic heterocycles. The molecule has 31 heavy (non-hydrogen) atoms. The van der Waals surface area contributed by atoms with Crippen molar-refractivity contribution in [3.8, 4) is 0 Å². The summed E-state index contributed by atoms with van der Waals surface area (Å²) in [6.07, 6.45) is 0.513. The van der Waals surface area contributed by atoms with Gasteiger partial charge in [0, 0.05) is 33.4 Å². The first kappa shape index (κ1) is 25.9. The summed E-state index contributed by atoms with van der Waals surface area (Å²) in [5, 5.41) is 4.70. The Labute approximate surface area is 203 Å². The van der Waals surface area contributed by atoms with Gasteiger partial charge in [-0.15, -0.1) is 11.8 Å². The van der Waals surface area contributed by atoms with Gasteiger partial charge in [-0.1, -0.05) is 59.9 Å². The van der Waals surface area contributed by atoms with Crippen molar-refractivity contribution in [1.82, 2.24) is 10.2 Å². The van der Waals surface area contributed by atoms with Crippen molar-refractivity contribution in [2.45, 2.75) is 51.6 Å². The number of hydrogen-bond acceptors (Lipinski definition) is 3. The smallest absolute Gasteiger partial charge is 0.243 e. The summed E-state index contributed by atoms with van der Waals surface area (Å²) in [6.45, 7) is 6.04. The van der Waals surface area contributed by atoms with Crippen molar-refractivity contribution >= 4 is 58.4 Å². The van der Waals surface area contributed by atoms with Crippen LogP contribution in [0.15, 0.2) is 42.5 Å². The molecule has 1 N–H and O–H groups in total. The van der Waals surface area contributed by atoms with Crippen LogP contribution in [0.3, 0.4) is 0 Å². The van der Waals surface area contributed by atoms with Gasteiger partial charge >= 0.3 is 0 Å². The minimum absolute atomic E-state index is 0.00854. The summed E-state index contributed by atoms with van der Waals surface area (Å²) in [7, 11) is 0. The van der Waals surface area contributed by atoms with Crippen molar-refractivity contribution in [3.05, 3.63) is 68.7 Å². The maximum Gasteiger partial charge on any atom is 0.243 e. The van der Waals surface area contributed by atoms with Crippen LogP contribution in [0.1, 0.15) is 38.3 Å². The molecule has 0 fully saturated rings. The number of benzene rings is 2. The molecule has 0 aliphatic carbocycles. The first-order valence-electron chi connectivity index (χ1n) is 10.1. The Morgan fingerprint density at radius 3 is 2.19 bits per heavy atom. The van der Waals surface area contributed by atoms with Gasteiger partial charge in [-0.2, -0.15) is 0 Å². The lowest BCUT2D eigenvalue weighted by Gasteiger charge is -2.31. The second kappa shape index (κ2) is 12.6. The topological polar surface area (TPSA) is 49.4 Å². The third-order valence-electron chi connectivity index (χ3n) is 4.62. The predicted octanol–water partition coefficient (Wildman–Crippen LogP) is 6.21. The number of carbonyl (C=O) groups is 2. The number of nitrogens with one attached hydrogen (secondary N) is 1. The van der Waals surface area contributed by atoms with E-state index in [1.165, 1.54) is 11.8 Å². The van der Waals surface area contributed by atoms with Crippen molar-refractivity contribution < 1.29 is 9.59 Å². The molecule has 4 nitrogen and oxygen atoms in total. The van der Waals surface area contributed by atoms with Gasteiger partial charge in [0.05, 0.1) is 5.75 Å². The highest BCUT2D eigenvalue weighted by Crippen LogP contribution is 2.28. The first-order valence-corrected chi connectivity index (χ1v) is 12.4. The fourth-order valence-corrected chi connectivity index (χ4v) is 4.85. The fourth-order valence-electron chi connectivity index (χ4n) is 3.08. The monoisotopic (exact) mass is 500 g/mol. The van der Waals surface area contributed by atoms with E-state index < -0.39 is 6.04 Å². The normalized spacial score (nSPS) is 12.0. The van der Waals surface area contributed by atoms with Gasteiger partial charge in [-0.3, -0.25) is 9.59 Å². The molecule has 2 aromatic rings. The fraction of sp³-hybridized carbons (Fsp3) is 0.391. The lowest BCUT2D eigenvalue weighted by atomic mass is 10.1. The van der Waals surface area contributed by atoms with E-state index in [9.17, 15) is 9.59 Å². The number of hydrogen-bond donors (Lipinski definition) is 1. The van der Waals surface area contributed by atoms with Crippen LogP contribution < -0.4 is 5.32 Å². The molecule has 0 aliphatic rings. The minimum Gasteiger partial charge on any atom is -0.352 e. The Morgan fingerprint density at radius 1 is 1.03 bits per heavy atom. The molecule has 168 valence electrons. The number of rotatable bonds is 10. The van der Waals surface area contributed by atoms with E-state index in [1.807, 2.05) is 32.9 Å². The Hall–Kier alpha value is -1.40. The van der Waals surface area contributed by atoms with E-state index in [1.54, 1.807) is 35.2 Å². The van der Waals surface area contributed by atoms with Crippen LogP contribution in [0.4, 0.5) is 0 Å². The minimum atomic E-state index is -0.560. The Balaban J connectivity index is 2.16. The van der Waals surface area contributed by atoms with Gasteiger partial charge in [-0.05, 0) is 55.7 Å². The van der Waals surface area contributed by atoms with Gasteiger partial charge in [-0.25, -0.2) is 0 Å². The lowest BCUT2D eigenvalue weighted by Crippen LogP contribution is -2.50. The highest BCUT2D eigenvalue weighted by atomic mass is 35.5. The highest BCUT2D eigenvalue weighted by Gasteiger charge is 2.28. The van der Waals surface area contributed by atoms with Gasteiger partial charge in [0.15, 0.2) is 0 Å². The van der Waals surface area contributed by atoms with Crippen molar-refractivity contribution in [2.24, 2.45) is 0 Å². The molecule has 1 atom stereocenters. The number of nitrogens with zero attached hydrogens (tertiary/aromatic N) is 1. The van der Waals surface area contributed by atoms with E-state index in [2.05, 4.69) is 5.32 Å². The van der Waals surface area contributed by atoms with Crippen LogP contribution in [0.2, 0.25) is 15.1 Å². The van der Waals surface area contributed by atoms with Crippen LogP contribution in [-0.4, -0.2) is 34.6 Å². The molecule has 0 saturated carbocycles. The Morgan fingerprint density at radius 2 is 1.65 bits per heavy atom. The molecule has 2 amide bonds. The summed E-state index contributed by atoms with van der Waals surface area (Å²) in [6, 6.07) is 12.1. The summed E-state index contributed by atoms with van der Waals surface area (Å²) < 4.78 is 0. The van der Waals surface area contributed by atoms with Crippen molar-refractivity contribution in [3.63, 3.8) is 0 Å². The van der Waals surface area contributed by atoms with Crippen LogP contribution in [0.5, 0.6) is 0 Å².